The molecule has 0 bridgehead atoms. The Labute approximate surface area is 95.8 Å². The van der Waals surface area contributed by atoms with Crippen LogP contribution in [0.3, 0.4) is 0 Å². The second kappa shape index (κ2) is 6.37. The number of aromatic nitrogens is 2. The molecule has 90 valence electrons. The maximum atomic E-state index is 5.52. The number of nitrogens with one attached hydrogen (secondary N) is 1. The van der Waals surface area contributed by atoms with Gasteiger partial charge in [-0.15, -0.1) is 0 Å². The first kappa shape index (κ1) is 12.8. The van der Waals surface area contributed by atoms with Gasteiger partial charge in [0.1, 0.15) is 5.69 Å². The van der Waals surface area contributed by atoms with Crippen molar-refractivity contribution in [3.05, 3.63) is 18.1 Å². The molecule has 0 spiro atoms. The minimum atomic E-state index is -0.0500. The molecule has 3 N–H and O–H groups in total. The van der Waals surface area contributed by atoms with Crippen LogP contribution in [0, 0.1) is 0 Å². The summed E-state index contributed by atoms with van der Waals surface area (Å²) in [6, 6.07) is -0.0500. The number of nitrogens with two attached hydrogens (primary N) is 1. The Morgan fingerprint density at radius 3 is 2.69 bits per heavy atom. The van der Waals surface area contributed by atoms with Crippen LogP contribution in [0.4, 0.5) is 0 Å². The van der Waals surface area contributed by atoms with Gasteiger partial charge in [-0.05, 0) is 27.1 Å². The molecule has 6 heteroatoms. The number of hydrogen-bond acceptors (Lipinski definition) is 6. The zero-order chi connectivity index (χ0) is 12.0. The SMILES string of the molecule is COc1nccnc1C(CCN(C)C)NN. The minimum absolute atomic E-state index is 0.0500. The lowest BCUT2D eigenvalue weighted by Gasteiger charge is -2.18. The van der Waals surface area contributed by atoms with Crippen LogP contribution in [0.2, 0.25) is 0 Å². The Kier molecular flexibility index (Phi) is 5.10. The molecular formula is C10H19N5O. The van der Waals surface area contributed by atoms with E-state index in [0.29, 0.717) is 5.88 Å². The summed E-state index contributed by atoms with van der Waals surface area (Å²) in [6.07, 6.45) is 4.08. The van der Waals surface area contributed by atoms with Crippen molar-refractivity contribution in [2.45, 2.75) is 12.5 Å². The van der Waals surface area contributed by atoms with Gasteiger partial charge < -0.3 is 9.64 Å². The van der Waals surface area contributed by atoms with Gasteiger partial charge in [-0.3, -0.25) is 16.3 Å². The van der Waals surface area contributed by atoms with Crippen molar-refractivity contribution in [2.75, 3.05) is 27.7 Å². The van der Waals surface area contributed by atoms with E-state index >= 15 is 0 Å². The van der Waals surface area contributed by atoms with E-state index in [9.17, 15) is 0 Å². The highest BCUT2D eigenvalue weighted by atomic mass is 16.5. The summed E-state index contributed by atoms with van der Waals surface area (Å²) in [7, 11) is 5.61. The average Bonchev–Trinajstić information content (AvgIpc) is 2.30. The minimum Gasteiger partial charge on any atom is -0.480 e. The van der Waals surface area contributed by atoms with Crippen molar-refractivity contribution in [3.63, 3.8) is 0 Å². The maximum Gasteiger partial charge on any atom is 0.237 e. The summed E-state index contributed by atoms with van der Waals surface area (Å²) >= 11 is 0. The van der Waals surface area contributed by atoms with Gasteiger partial charge in [-0.2, -0.15) is 0 Å². The zero-order valence-electron chi connectivity index (χ0n) is 9.97. The molecule has 1 aromatic heterocycles. The third-order valence-electron chi connectivity index (χ3n) is 2.28. The second-order valence-electron chi connectivity index (χ2n) is 3.76. The van der Waals surface area contributed by atoms with Gasteiger partial charge in [0.2, 0.25) is 5.88 Å². The Balaban J connectivity index is 2.77. The number of rotatable bonds is 6. The van der Waals surface area contributed by atoms with E-state index in [-0.39, 0.29) is 6.04 Å². The molecular weight excluding hydrogens is 206 g/mol. The fraction of sp³-hybridized carbons (Fsp3) is 0.600. The van der Waals surface area contributed by atoms with Crippen LogP contribution < -0.4 is 16.0 Å². The van der Waals surface area contributed by atoms with Crippen LogP contribution in [0.5, 0.6) is 5.88 Å². The van der Waals surface area contributed by atoms with Crippen LogP contribution in [-0.4, -0.2) is 42.6 Å². The van der Waals surface area contributed by atoms with Gasteiger partial charge >= 0.3 is 0 Å². The first-order chi connectivity index (χ1) is 7.69. The fourth-order valence-corrected chi connectivity index (χ4v) is 1.42. The number of methoxy groups -OCH3 is 1. The molecule has 1 unspecified atom stereocenters. The summed E-state index contributed by atoms with van der Waals surface area (Å²) < 4.78 is 5.15. The van der Waals surface area contributed by atoms with E-state index in [0.717, 1.165) is 18.7 Å². The quantitative estimate of drug-likeness (QED) is 0.522. The molecule has 0 aliphatic heterocycles. The van der Waals surface area contributed by atoms with Gasteiger partial charge in [0.25, 0.3) is 0 Å². The molecule has 0 fully saturated rings. The summed E-state index contributed by atoms with van der Waals surface area (Å²) in [5.74, 6) is 6.04. The van der Waals surface area contributed by atoms with E-state index in [1.54, 1.807) is 19.5 Å². The largest absolute Gasteiger partial charge is 0.480 e. The molecule has 1 aromatic rings. The molecule has 6 nitrogen and oxygen atoms in total. The van der Waals surface area contributed by atoms with Crippen LogP contribution in [0.25, 0.3) is 0 Å². The van der Waals surface area contributed by atoms with Gasteiger partial charge in [-0.25, -0.2) is 4.98 Å². The van der Waals surface area contributed by atoms with Crippen molar-refractivity contribution in [2.24, 2.45) is 5.84 Å². The predicted octanol–water partition coefficient (Wildman–Crippen LogP) is -0.0587. The van der Waals surface area contributed by atoms with E-state index in [1.165, 1.54) is 0 Å². The number of hydrogen-bond donors (Lipinski definition) is 2. The number of ether oxygens (including phenoxy) is 1. The molecule has 0 saturated heterocycles. The monoisotopic (exact) mass is 225 g/mol. The Morgan fingerprint density at radius 2 is 2.12 bits per heavy atom. The van der Waals surface area contributed by atoms with E-state index in [2.05, 4.69) is 20.3 Å². The Morgan fingerprint density at radius 1 is 1.44 bits per heavy atom. The highest BCUT2D eigenvalue weighted by Crippen LogP contribution is 2.21. The zero-order valence-corrected chi connectivity index (χ0v) is 9.97. The molecule has 0 aliphatic rings. The van der Waals surface area contributed by atoms with E-state index < -0.39 is 0 Å². The van der Waals surface area contributed by atoms with Crippen LogP contribution in [0.15, 0.2) is 12.4 Å². The van der Waals surface area contributed by atoms with Crippen molar-refractivity contribution >= 4 is 0 Å². The predicted molar refractivity (Wildman–Crippen MR) is 61.8 cm³/mol. The lowest BCUT2D eigenvalue weighted by molar-refractivity contribution is 0.342. The van der Waals surface area contributed by atoms with Crippen molar-refractivity contribution < 1.29 is 4.74 Å². The molecule has 1 rings (SSSR count). The summed E-state index contributed by atoms with van der Waals surface area (Å²) in [5.41, 5.74) is 3.48. The third kappa shape index (κ3) is 3.41. The van der Waals surface area contributed by atoms with Gasteiger partial charge in [-0.1, -0.05) is 0 Å². The van der Waals surface area contributed by atoms with E-state index in [4.69, 9.17) is 10.6 Å². The van der Waals surface area contributed by atoms with Crippen LogP contribution in [0.1, 0.15) is 18.2 Å². The van der Waals surface area contributed by atoms with E-state index in [1.807, 2.05) is 14.1 Å². The normalized spacial score (nSPS) is 12.8. The topological polar surface area (TPSA) is 76.3 Å². The smallest absolute Gasteiger partial charge is 0.237 e. The second-order valence-corrected chi connectivity index (χ2v) is 3.76. The first-order valence-electron chi connectivity index (χ1n) is 5.14. The Bertz CT molecular complexity index is 318. The summed E-state index contributed by atoms with van der Waals surface area (Å²) in [6.45, 7) is 0.911. The van der Waals surface area contributed by atoms with Crippen molar-refractivity contribution in [1.29, 1.82) is 0 Å². The standard InChI is InChI=1S/C10H19N5O/c1-15(2)7-4-8(14-11)9-10(16-3)13-6-5-12-9/h5-6,8,14H,4,7,11H2,1-3H3. The average molecular weight is 225 g/mol. The maximum absolute atomic E-state index is 5.52. The van der Waals surface area contributed by atoms with Crippen LogP contribution >= 0.6 is 0 Å². The van der Waals surface area contributed by atoms with Crippen molar-refractivity contribution in [3.8, 4) is 5.88 Å². The van der Waals surface area contributed by atoms with Crippen molar-refractivity contribution in [1.82, 2.24) is 20.3 Å². The lowest BCUT2D eigenvalue weighted by Crippen LogP contribution is -2.31. The summed E-state index contributed by atoms with van der Waals surface area (Å²) in [4.78, 5) is 10.4. The number of nitrogens with zero attached hydrogens (tertiary/aromatic N) is 3. The summed E-state index contributed by atoms with van der Waals surface area (Å²) in [5, 5.41) is 0. The molecule has 1 atom stereocenters. The first-order valence-corrected chi connectivity index (χ1v) is 5.14. The molecule has 0 aromatic carbocycles. The van der Waals surface area contributed by atoms with Gasteiger partial charge in [0.05, 0.1) is 13.2 Å². The highest BCUT2D eigenvalue weighted by molar-refractivity contribution is 5.20. The third-order valence-corrected chi connectivity index (χ3v) is 2.28. The van der Waals surface area contributed by atoms with Gasteiger partial charge in [0.15, 0.2) is 0 Å². The molecule has 0 amide bonds. The molecule has 1 heterocycles. The molecule has 0 saturated carbocycles. The molecule has 16 heavy (non-hydrogen) atoms. The Hall–Kier alpha value is -1.24. The lowest BCUT2D eigenvalue weighted by atomic mass is 10.1. The highest BCUT2D eigenvalue weighted by Gasteiger charge is 2.17. The molecule has 0 aliphatic carbocycles. The fourth-order valence-electron chi connectivity index (χ4n) is 1.42. The molecule has 0 radical (unpaired) electrons. The van der Waals surface area contributed by atoms with Crippen LogP contribution in [-0.2, 0) is 0 Å². The van der Waals surface area contributed by atoms with Gasteiger partial charge in [0, 0.05) is 12.4 Å². The number of hydrazine groups is 1.